The number of rotatable bonds is 4. The quantitative estimate of drug-likeness (QED) is 0.810. The molecule has 1 aliphatic rings. The highest BCUT2D eigenvalue weighted by atomic mass is 35.5. The molecular weight excluding hydrogens is 236 g/mol. The first-order valence-corrected chi connectivity index (χ1v) is 6.30. The van der Waals surface area contributed by atoms with Crippen molar-refractivity contribution in [1.82, 2.24) is 5.32 Å². The smallest absolute Gasteiger partial charge is 0.253 e. The maximum atomic E-state index is 12.0. The van der Waals surface area contributed by atoms with Crippen molar-refractivity contribution in [2.75, 3.05) is 5.73 Å². The summed E-state index contributed by atoms with van der Waals surface area (Å²) in [6.07, 6.45) is 3.63. The summed E-state index contributed by atoms with van der Waals surface area (Å²) in [7, 11) is 0. The fraction of sp³-hybridized carbons (Fsp3) is 0.462. The molecule has 92 valence electrons. The second-order valence-corrected chi connectivity index (χ2v) is 5.22. The van der Waals surface area contributed by atoms with Gasteiger partial charge in [0.05, 0.1) is 5.56 Å². The van der Waals surface area contributed by atoms with Gasteiger partial charge < -0.3 is 11.1 Å². The first-order chi connectivity index (χ1) is 8.06. The Labute approximate surface area is 106 Å². The Kier molecular flexibility index (Phi) is 3.57. The SMILES string of the molecule is CC(CC1CC1)NC(=O)c1cc(Cl)ccc1N. The molecule has 1 aromatic carbocycles. The van der Waals surface area contributed by atoms with Crippen molar-refractivity contribution < 1.29 is 4.79 Å². The number of benzene rings is 1. The van der Waals surface area contributed by atoms with E-state index in [1.165, 1.54) is 12.8 Å². The lowest BCUT2D eigenvalue weighted by molar-refractivity contribution is 0.0938. The first kappa shape index (κ1) is 12.2. The van der Waals surface area contributed by atoms with Gasteiger partial charge in [-0.3, -0.25) is 4.79 Å². The summed E-state index contributed by atoms with van der Waals surface area (Å²) in [6.45, 7) is 2.02. The van der Waals surface area contributed by atoms with E-state index in [1.807, 2.05) is 6.92 Å². The van der Waals surface area contributed by atoms with E-state index in [1.54, 1.807) is 18.2 Å². The van der Waals surface area contributed by atoms with Gasteiger partial charge in [0.2, 0.25) is 0 Å². The summed E-state index contributed by atoms with van der Waals surface area (Å²) >= 11 is 5.86. The van der Waals surface area contributed by atoms with Crippen LogP contribution in [0.2, 0.25) is 5.02 Å². The molecule has 1 fully saturated rings. The highest BCUT2D eigenvalue weighted by molar-refractivity contribution is 6.31. The van der Waals surface area contributed by atoms with Crippen LogP contribution in [-0.4, -0.2) is 11.9 Å². The third-order valence-corrected chi connectivity index (χ3v) is 3.26. The van der Waals surface area contributed by atoms with Crippen molar-refractivity contribution in [2.45, 2.75) is 32.2 Å². The van der Waals surface area contributed by atoms with Gasteiger partial charge in [-0.1, -0.05) is 24.4 Å². The third-order valence-electron chi connectivity index (χ3n) is 3.02. The largest absolute Gasteiger partial charge is 0.398 e. The van der Waals surface area contributed by atoms with Crippen LogP contribution < -0.4 is 11.1 Å². The summed E-state index contributed by atoms with van der Waals surface area (Å²) in [4.78, 5) is 12.0. The van der Waals surface area contributed by atoms with Crippen LogP contribution >= 0.6 is 11.6 Å². The summed E-state index contributed by atoms with van der Waals surface area (Å²) in [5, 5.41) is 3.49. The van der Waals surface area contributed by atoms with Crippen LogP contribution in [0.15, 0.2) is 18.2 Å². The molecule has 0 saturated heterocycles. The van der Waals surface area contributed by atoms with E-state index in [-0.39, 0.29) is 11.9 Å². The summed E-state index contributed by atoms with van der Waals surface area (Å²) < 4.78 is 0. The van der Waals surface area contributed by atoms with Gasteiger partial charge in [0.25, 0.3) is 5.91 Å². The number of anilines is 1. The highest BCUT2D eigenvalue weighted by Crippen LogP contribution is 2.33. The molecule has 0 heterocycles. The Bertz CT molecular complexity index is 429. The molecule has 4 heteroatoms. The molecular formula is C13H17ClN2O. The highest BCUT2D eigenvalue weighted by Gasteiger charge is 2.24. The summed E-state index contributed by atoms with van der Waals surface area (Å²) in [6, 6.07) is 5.13. The van der Waals surface area contributed by atoms with E-state index < -0.39 is 0 Å². The Balaban J connectivity index is 2.00. The van der Waals surface area contributed by atoms with Gasteiger partial charge in [-0.15, -0.1) is 0 Å². The predicted molar refractivity (Wildman–Crippen MR) is 70.1 cm³/mol. The van der Waals surface area contributed by atoms with Gasteiger partial charge >= 0.3 is 0 Å². The molecule has 1 saturated carbocycles. The van der Waals surface area contributed by atoms with Gasteiger partial charge in [0.15, 0.2) is 0 Å². The van der Waals surface area contributed by atoms with Crippen LogP contribution in [0.4, 0.5) is 5.69 Å². The fourth-order valence-corrected chi connectivity index (χ4v) is 2.11. The molecule has 1 unspecified atom stereocenters. The molecule has 3 N–H and O–H groups in total. The standard InChI is InChI=1S/C13H17ClN2O/c1-8(6-9-2-3-9)16-13(17)11-7-10(14)4-5-12(11)15/h4-5,7-9H,2-3,6,15H2,1H3,(H,16,17). The second kappa shape index (κ2) is 4.96. The monoisotopic (exact) mass is 252 g/mol. The lowest BCUT2D eigenvalue weighted by Crippen LogP contribution is -2.33. The zero-order chi connectivity index (χ0) is 12.4. The maximum absolute atomic E-state index is 12.0. The topological polar surface area (TPSA) is 55.1 Å². The van der Waals surface area contributed by atoms with Crippen LogP contribution in [0.3, 0.4) is 0 Å². The van der Waals surface area contributed by atoms with Crippen LogP contribution in [0.1, 0.15) is 36.5 Å². The molecule has 0 radical (unpaired) electrons. The van der Waals surface area contributed by atoms with E-state index in [0.29, 0.717) is 16.3 Å². The number of nitrogens with one attached hydrogen (secondary N) is 1. The van der Waals surface area contributed by atoms with E-state index in [0.717, 1.165) is 12.3 Å². The van der Waals surface area contributed by atoms with Gasteiger partial charge in [0, 0.05) is 16.8 Å². The molecule has 1 amide bonds. The Morgan fingerprint density at radius 2 is 2.29 bits per heavy atom. The Hall–Kier alpha value is -1.22. The number of halogens is 1. The molecule has 0 aromatic heterocycles. The van der Waals surface area contributed by atoms with E-state index >= 15 is 0 Å². The van der Waals surface area contributed by atoms with E-state index in [4.69, 9.17) is 17.3 Å². The molecule has 1 atom stereocenters. The first-order valence-electron chi connectivity index (χ1n) is 5.92. The van der Waals surface area contributed by atoms with Gasteiger partial charge in [-0.2, -0.15) is 0 Å². The third kappa shape index (κ3) is 3.37. The van der Waals surface area contributed by atoms with Crippen molar-refractivity contribution in [1.29, 1.82) is 0 Å². The maximum Gasteiger partial charge on any atom is 0.253 e. The molecule has 17 heavy (non-hydrogen) atoms. The minimum atomic E-state index is -0.141. The molecule has 0 spiro atoms. The van der Waals surface area contributed by atoms with Crippen LogP contribution in [0.5, 0.6) is 0 Å². The van der Waals surface area contributed by atoms with E-state index in [2.05, 4.69) is 5.32 Å². The zero-order valence-corrected chi connectivity index (χ0v) is 10.6. The van der Waals surface area contributed by atoms with Gasteiger partial charge in [0.1, 0.15) is 0 Å². The summed E-state index contributed by atoms with van der Waals surface area (Å²) in [5.41, 5.74) is 6.68. The lowest BCUT2D eigenvalue weighted by Gasteiger charge is -2.14. The Morgan fingerprint density at radius 1 is 1.59 bits per heavy atom. The van der Waals surface area contributed by atoms with Crippen molar-refractivity contribution in [3.63, 3.8) is 0 Å². The van der Waals surface area contributed by atoms with Crippen molar-refractivity contribution in [3.8, 4) is 0 Å². The normalized spacial score (nSPS) is 16.6. The van der Waals surface area contributed by atoms with Crippen LogP contribution in [0, 0.1) is 5.92 Å². The molecule has 0 bridgehead atoms. The number of nitrogens with two attached hydrogens (primary N) is 1. The second-order valence-electron chi connectivity index (χ2n) is 4.79. The van der Waals surface area contributed by atoms with Crippen molar-refractivity contribution in [2.24, 2.45) is 5.92 Å². The average molecular weight is 253 g/mol. The minimum absolute atomic E-state index is 0.141. The molecule has 3 nitrogen and oxygen atoms in total. The van der Waals surface area contributed by atoms with Crippen molar-refractivity contribution >= 4 is 23.2 Å². The van der Waals surface area contributed by atoms with Crippen LogP contribution in [0.25, 0.3) is 0 Å². The fourth-order valence-electron chi connectivity index (χ4n) is 1.94. The molecule has 1 aliphatic carbocycles. The lowest BCUT2D eigenvalue weighted by atomic mass is 10.1. The summed E-state index contributed by atoms with van der Waals surface area (Å²) in [5.74, 6) is 0.653. The number of amides is 1. The Morgan fingerprint density at radius 3 is 2.94 bits per heavy atom. The van der Waals surface area contributed by atoms with Crippen molar-refractivity contribution in [3.05, 3.63) is 28.8 Å². The number of nitrogen functional groups attached to an aromatic ring is 1. The predicted octanol–water partition coefficient (Wildman–Crippen LogP) is 2.84. The number of carbonyl (C=O) groups is 1. The zero-order valence-electron chi connectivity index (χ0n) is 9.87. The van der Waals surface area contributed by atoms with Gasteiger partial charge in [-0.25, -0.2) is 0 Å². The molecule has 0 aliphatic heterocycles. The van der Waals surface area contributed by atoms with Gasteiger partial charge in [-0.05, 0) is 37.5 Å². The number of hydrogen-bond acceptors (Lipinski definition) is 2. The minimum Gasteiger partial charge on any atom is -0.398 e. The average Bonchev–Trinajstić information content (AvgIpc) is 3.05. The molecule has 2 rings (SSSR count). The number of hydrogen-bond donors (Lipinski definition) is 2. The molecule has 1 aromatic rings. The number of carbonyl (C=O) groups excluding carboxylic acids is 1. The van der Waals surface area contributed by atoms with Crippen LogP contribution in [-0.2, 0) is 0 Å². The van der Waals surface area contributed by atoms with E-state index in [9.17, 15) is 4.79 Å².